The second kappa shape index (κ2) is 3.80. The molecule has 1 aromatic heterocycles. The highest BCUT2D eigenvalue weighted by Gasteiger charge is 2.07. The van der Waals surface area contributed by atoms with Gasteiger partial charge in [0.2, 0.25) is 0 Å². The normalized spacial score (nSPS) is 13.4. The number of aliphatic hydroxyl groups excluding tert-OH is 2. The smallest absolute Gasteiger partial charge is 0.0819 e. The molecule has 0 aliphatic rings. The molecule has 0 aliphatic heterocycles. The van der Waals surface area contributed by atoms with Gasteiger partial charge in [-0.2, -0.15) is 0 Å². The molecule has 1 atom stereocenters. The first-order valence-corrected chi connectivity index (χ1v) is 4.30. The monoisotopic (exact) mass is 173 g/mol. The first-order valence-electron chi connectivity index (χ1n) is 3.42. The van der Waals surface area contributed by atoms with Gasteiger partial charge in [-0.3, -0.25) is 0 Å². The second-order valence-electron chi connectivity index (χ2n) is 2.40. The molecule has 1 heterocycles. The maximum absolute atomic E-state index is 9.08. The van der Waals surface area contributed by atoms with E-state index >= 15 is 0 Å². The van der Waals surface area contributed by atoms with Crippen LogP contribution < -0.4 is 0 Å². The largest absolute Gasteiger partial charge is 0.394 e. The summed E-state index contributed by atoms with van der Waals surface area (Å²) in [5.74, 6) is 0. The van der Waals surface area contributed by atoms with Crippen LogP contribution in [-0.2, 0) is 6.42 Å². The minimum Gasteiger partial charge on any atom is -0.394 e. The topological polar surface area (TPSA) is 53.4 Å². The number of aromatic nitrogens is 1. The Kier molecular flexibility index (Phi) is 2.99. The summed E-state index contributed by atoms with van der Waals surface area (Å²) in [6.07, 6.45) is -0.137. The van der Waals surface area contributed by atoms with Gasteiger partial charge in [0.25, 0.3) is 0 Å². The summed E-state index contributed by atoms with van der Waals surface area (Å²) in [5.41, 5.74) is 2.69. The number of rotatable bonds is 3. The molecular formula is C7H11NO2S. The van der Waals surface area contributed by atoms with Crippen molar-refractivity contribution in [3.05, 3.63) is 16.1 Å². The van der Waals surface area contributed by atoms with Crippen molar-refractivity contribution in [2.75, 3.05) is 6.61 Å². The van der Waals surface area contributed by atoms with Crippen LogP contribution >= 0.6 is 11.3 Å². The Labute approximate surface area is 69.3 Å². The van der Waals surface area contributed by atoms with Crippen LogP contribution in [0.2, 0.25) is 0 Å². The van der Waals surface area contributed by atoms with Crippen LogP contribution in [0.4, 0.5) is 0 Å². The predicted octanol–water partition coefficient (Wildman–Crippen LogP) is 0.347. The van der Waals surface area contributed by atoms with Crippen molar-refractivity contribution in [1.82, 2.24) is 4.98 Å². The van der Waals surface area contributed by atoms with E-state index in [-0.39, 0.29) is 6.61 Å². The van der Waals surface area contributed by atoms with Gasteiger partial charge in [-0.15, -0.1) is 11.3 Å². The number of thiazole rings is 1. The molecule has 2 N–H and O–H groups in total. The number of aryl methyl sites for hydroxylation is 1. The molecule has 0 saturated carbocycles. The van der Waals surface area contributed by atoms with Crippen LogP contribution in [0.25, 0.3) is 0 Å². The number of nitrogens with zero attached hydrogens (tertiary/aromatic N) is 1. The minimum atomic E-state index is -0.644. The Bertz CT molecular complexity index is 224. The lowest BCUT2D eigenvalue weighted by Gasteiger charge is -2.03. The van der Waals surface area contributed by atoms with E-state index < -0.39 is 6.10 Å². The second-order valence-corrected chi connectivity index (χ2v) is 3.34. The van der Waals surface area contributed by atoms with Crippen molar-refractivity contribution < 1.29 is 10.2 Å². The van der Waals surface area contributed by atoms with Crippen molar-refractivity contribution in [1.29, 1.82) is 0 Å². The minimum absolute atomic E-state index is 0.183. The van der Waals surface area contributed by atoms with Gasteiger partial charge in [0.15, 0.2) is 0 Å². The van der Waals surface area contributed by atoms with E-state index in [9.17, 15) is 0 Å². The molecular weight excluding hydrogens is 162 g/mol. The quantitative estimate of drug-likeness (QED) is 0.693. The fraction of sp³-hybridized carbons (Fsp3) is 0.571. The summed E-state index contributed by atoms with van der Waals surface area (Å²) in [6, 6.07) is 0. The Balaban J connectivity index is 2.56. The zero-order valence-electron chi connectivity index (χ0n) is 6.32. The van der Waals surface area contributed by atoms with E-state index in [2.05, 4.69) is 4.98 Å². The van der Waals surface area contributed by atoms with Crippen molar-refractivity contribution >= 4 is 11.3 Å². The van der Waals surface area contributed by atoms with Gasteiger partial charge in [0.1, 0.15) is 0 Å². The summed E-state index contributed by atoms with van der Waals surface area (Å²) in [5, 5.41) is 17.6. The Morgan fingerprint density at radius 1 is 1.73 bits per heavy atom. The fourth-order valence-electron chi connectivity index (χ4n) is 0.801. The van der Waals surface area contributed by atoms with Gasteiger partial charge in [-0.25, -0.2) is 4.98 Å². The summed E-state index contributed by atoms with van der Waals surface area (Å²) in [6.45, 7) is 1.72. The lowest BCUT2D eigenvalue weighted by atomic mass is 10.2. The molecule has 0 amide bonds. The summed E-state index contributed by atoms with van der Waals surface area (Å²) in [7, 11) is 0. The number of aliphatic hydroxyl groups is 2. The Hall–Kier alpha value is -0.450. The highest BCUT2D eigenvalue weighted by atomic mass is 32.1. The molecule has 1 rings (SSSR count). The first-order chi connectivity index (χ1) is 5.24. The van der Waals surface area contributed by atoms with Crippen molar-refractivity contribution in [2.24, 2.45) is 0 Å². The van der Waals surface area contributed by atoms with Crippen LogP contribution in [0.5, 0.6) is 0 Å². The zero-order valence-corrected chi connectivity index (χ0v) is 7.14. The molecule has 0 aromatic carbocycles. The van der Waals surface area contributed by atoms with E-state index in [1.807, 2.05) is 6.92 Å². The van der Waals surface area contributed by atoms with E-state index in [4.69, 9.17) is 10.2 Å². The molecule has 0 spiro atoms. The molecule has 0 bridgehead atoms. The average molecular weight is 173 g/mol. The average Bonchev–Trinajstić information content (AvgIpc) is 2.37. The molecule has 0 aliphatic carbocycles. The molecule has 11 heavy (non-hydrogen) atoms. The third kappa shape index (κ3) is 2.25. The van der Waals surface area contributed by atoms with E-state index in [1.165, 1.54) is 11.3 Å². The van der Waals surface area contributed by atoms with Crippen molar-refractivity contribution in [2.45, 2.75) is 19.4 Å². The number of hydrogen-bond donors (Lipinski definition) is 2. The van der Waals surface area contributed by atoms with Crippen LogP contribution in [0, 0.1) is 6.92 Å². The predicted molar refractivity (Wildman–Crippen MR) is 43.6 cm³/mol. The highest BCUT2D eigenvalue weighted by Crippen LogP contribution is 2.13. The fourth-order valence-corrected chi connectivity index (χ4v) is 1.65. The van der Waals surface area contributed by atoms with Crippen LogP contribution in [-0.4, -0.2) is 27.9 Å². The van der Waals surface area contributed by atoms with Gasteiger partial charge in [-0.05, 0) is 6.92 Å². The lowest BCUT2D eigenvalue weighted by Crippen LogP contribution is -2.14. The van der Waals surface area contributed by atoms with Crippen LogP contribution in [0.1, 0.15) is 10.6 Å². The Morgan fingerprint density at radius 2 is 2.45 bits per heavy atom. The first kappa shape index (κ1) is 8.64. The standard InChI is InChI=1S/C7H11NO2S/c1-5-7(11-4-8-5)2-6(10)3-9/h4,6,9-10H,2-3H2,1H3. The van der Waals surface area contributed by atoms with E-state index in [1.54, 1.807) is 5.51 Å². The molecule has 0 radical (unpaired) electrons. The molecule has 62 valence electrons. The third-order valence-electron chi connectivity index (χ3n) is 1.48. The van der Waals surface area contributed by atoms with Gasteiger partial charge in [-0.1, -0.05) is 0 Å². The summed E-state index contributed by atoms with van der Waals surface area (Å²) >= 11 is 1.51. The van der Waals surface area contributed by atoms with Gasteiger partial charge >= 0.3 is 0 Å². The summed E-state index contributed by atoms with van der Waals surface area (Å²) in [4.78, 5) is 5.08. The Morgan fingerprint density at radius 3 is 2.91 bits per heavy atom. The van der Waals surface area contributed by atoms with Crippen molar-refractivity contribution in [3.63, 3.8) is 0 Å². The lowest BCUT2D eigenvalue weighted by molar-refractivity contribution is 0.0960. The SMILES string of the molecule is Cc1ncsc1CC(O)CO. The maximum atomic E-state index is 9.08. The molecule has 1 aromatic rings. The third-order valence-corrected chi connectivity index (χ3v) is 2.43. The van der Waals surface area contributed by atoms with Gasteiger partial charge < -0.3 is 10.2 Å². The molecule has 0 saturated heterocycles. The number of hydrogen-bond acceptors (Lipinski definition) is 4. The van der Waals surface area contributed by atoms with Crippen LogP contribution in [0.15, 0.2) is 5.51 Å². The summed E-state index contributed by atoms with van der Waals surface area (Å²) < 4.78 is 0. The van der Waals surface area contributed by atoms with Gasteiger partial charge in [0.05, 0.1) is 23.9 Å². The van der Waals surface area contributed by atoms with E-state index in [0.717, 1.165) is 10.6 Å². The zero-order chi connectivity index (χ0) is 8.27. The maximum Gasteiger partial charge on any atom is 0.0819 e. The highest BCUT2D eigenvalue weighted by molar-refractivity contribution is 7.09. The van der Waals surface area contributed by atoms with Crippen LogP contribution in [0.3, 0.4) is 0 Å². The van der Waals surface area contributed by atoms with Crippen molar-refractivity contribution in [3.8, 4) is 0 Å². The molecule has 3 nitrogen and oxygen atoms in total. The molecule has 4 heteroatoms. The molecule has 0 fully saturated rings. The molecule has 1 unspecified atom stereocenters. The van der Waals surface area contributed by atoms with E-state index in [0.29, 0.717) is 6.42 Å². The van der Waals surface area contributed by atoms with Gasteiger partial charge in [0, 0.05) is 11.3 Å².